The molecule has 0 saturated heterocycles. The molecule has 100 valence electrons. The van der Waals surface area contributed by atoms with E-state index in [1.54, 1.807) is 7.11 Å². The van der Waals surface area contributed by atoms with Crippen LogP contribution in [0.4, 0.5) is 0 Å². The maximum atomic E-state index is 5.24. The molecule has 3 nitrogen and oxygen atoms in total. The van der Waals surface area contributed by atoms with Crippen LogP contribution in [0, 0.1) is 0 Å². The van der Waals surface area contributed by atoms with Crippen LogP contribution in [0.1, 0.15) is 5.56 Å². The first-order valence-electron chi connectivity index (χ1n) is 6.55. The van der Waals surface area contributed by atoms with Gasteiger partial charge in [0.25, 0.3) is 0 Å². The van der Waals surface area contributed by atoms with Crippen LogP contribution in [0.25, 0.3) is 11.3 Å². The smallest absolute Gasteiger partial charge is 0.119 e. The third-order valence-corrected chi connectivity index (χ3v) is 3.20. The number of ether oxygens (including phenoxy) is 1. The van der Waals surface area contributed by atoms with E-state index in [0.29, 0.717) is 0 Å². The fourth-order valence-electron chi connectivity index (χ4n) is 2.19. The Labute approximate surface area is 118 Å². The van der Waals surface area contributed by atoms with Crippen LogP contribution in [0.5, 0.6) is 5.75 Å². The van der Waals surface area contributed by atoms with Gasteiger partial charge in [-0.05, 0) is 17.7 Å². The molecule has 0 aliphatic carbocycles. The summed E-state index contributed by atoms with van der Waals surface area (Å²) in [7, 11) is 1.68. The normalized spacial score (nSPS) is 10.4. The van der Waals surface area contributed by atoms with E-state index in [2.05, 4.69) is 33.9 Å². The van der Waals surface area contributed by atoms with Gasteiger partial charge >= 0.3 is 0 Å². The number of benzene rings is 2. The highest BCUT2D eigenvalue weighted by molar-refractivity contribution is 5.57. The average molecular weight is 264 g/mol. The summed E-state index contributed by atoms with van der Waals surface area (Å²) in [5.74, 6) is 0.880. The molecule has 0 radical (unpaired) electrons. The van der Waals surface area contributed by atoms with Gasteiger partial charge in [-0.15, -0.1) is 0 Å². The van der Waals surface area contributed by atoms with E-state index in [9.17, 15) is 0 Å². The summed E-state index contributed by atoms with van der Waals surface area (Å²) in [4.78, 5) is 4.46. The van der Waals surface area contributed by atoms with E-state index in [1.807, 2.05) is 42.7 Å². The van der Waals surface area contributed by atoms with Crippen molar-refractivity contribution >= 4 is 0 Å². The van der Waals surface area contributed by atoms with Gasteiger partial charge in [-0.2, -0.15) is 0 Å². The summed E-state index contributed by atoms with van der Waals surface area (Å²) in [6, 6.07) is 18.3. The molecule has 20 heavy (non-hydrogen) atoms. The summed E-state index contributed by atoms with van der Waals surface area (Å²) in [6.45, 7) is 0.789. The Morgan fingerprint density at radius 2 is 1.90 bits per heavy atom. The molecule has 0 fully saturated rings. The lowest BCUT2D eigenvalue weighted by atomic mass is 10.2. The number of imidazole rings is 1. The summed E-state index contributed by atoms with van der Waals surface area (Å²) < 4.78 is 7.32. The number of rotatable bonds is 4. The van der Waals surface area contributed by atoms with Crippen LogP contribution in [-0.2, 0) is 6.54 Å². The van der Waals surface area contributed by atoms with Gasteiger partial charge in [-0.1, -0.05) is 42.5 Å². The highest BCUT2D eigenvalue weighted by atomic mass is 16.5. The zero-order chi connectivity index (χ0) is 13.8. The molecule has 1 aromatic heterocycles. The topological polar surface area (TPSA) is 27.1 Å². The average Bonchev–Trinajstić information content (AvgIpc) is 2.97. The van der Waals surface area contributed by atoms with E-state index in [-0.39, 0.29) is 0 Å². The molecule has 0 aliphatic heterocycles. The monoisotopic (exact) mass is 264 g/mol. The molecule has 0 amide bonds. The van der Waals surface area contributed by atoms with Gasteiger partial charge in [0.2, 0.25) is 0 Å². The Hall–Kier alpha value is -2.55. The quantitative estimate of drug-likeness (QED) is 0.720. The Morgan fingerprint density at radius 1 is 1.05 bits per heavy atom. The van der Waals surface area contributed by atoms with Gasteiger partial charge in [-0.25, -0.2) is 4.98 Å². The van der Waals surface area contributed by atoms with Crippen molar-refractivity contribution in [2.24, 2.45) is 0 Å². The molecule has 0 aliphatic rings. The van der Waals surface area contributed by atoms with E-state index in [1.165, 1.54) is 5.56 Å². The lowest BCUT2D eigenvalue weighted by molar-refractivity contribution is 0.414. The molecule has 0 atom stereocenters. The van der Waals surface area contributed by atoms with E-state index < -0.39 is 0 Å². The zero-order valence-corrected chi connectivity index (χ0v) is 11.4. The van der Waals surface area contributed by atoms with E-state index in [4.69, 9.17) is 4.74 Å². The highest BCUT2D eigenvalue weighted by Crippen LogP contribution is 2.18. The third-order valence-electron chi connectivity index (χ3n) is 3.20. The van der Waals surface area contributed by atoms with Gasteiger partial charge < -0.3 is 9.30 Å². The van der Waals surface area contributed by atoms with Crippen LogP contribution in [0.2, 0.25) is 0 Å². The molecule has 3 rings (SSSR count). The summed E-state index contributed by atoms with van der Waals surface area (Å²) in [6.07, 6.45) is 3.93. The number of hydrogen-bond acceptors (Lipinski definition) is 2. The number of aromatic nitrogens is 2. The lowest BCUT2D eigenvalue weighted by Crippen LogP contribution is -1.96. The first kappa shape index (κ1) is 12.5. The minimum atomic E-state index is 0.789. The molecule has 1 heterocycles. The Bertz CT molecular complexity index is 689. The highest BCUT2D eigenvalue weighted by Gasteiger charge is 2.02. The lowest BCUT2D eigenvalue weighted by Gasteiger charge is -2.05. The van der Waals surface area contributed by atoms with Crippen molar-refractivity contribution in [1.82, 2.24) is 9.55 Å². The van der Waals surface area contributed by atoms with E-state index >= 15 is 0 Å². The predicted molar refractivity (Wildman–Crippen MR) is 79.8 cm³/mol. The van der Waals surface area contributed by atoms with Gasteiger partial charge in [0, 0.05) is 18.3 Å². The van der Waals surface area contributed by atoms with E-state index in [0.717, 1.165) is 23.6 Å². The van der Waals surface area contributed by atoms with Crippen LogP contribution in [-0.4, -0.2) is 16.7 Å². The van der Waals surface area contributed by atoms with Crippen molar-refractivity contribution in [2.45, 2.75) is 6.54 Å². The van der Waals surface area contributed by atoms with Gasteiger partial charge in [0.15, 0.2) is 0 Å². The second kappa shape index (κ2) is 5.61. The van der Waals surface area contributed by atoms with Gasteiger partial charge in [-0.3, -0.25) is 0 Å². The maximum Gasteiger partial charge on any atom is 0.119 e. The molecule has 3 heteroatoms. The van der Waals surface area contributed by atoms with Crippen molar-refractivity contribution in [1.29, 1.82) is 0 Å². The van der Waals surface area contributed by atoms with Crippen molar-refractivity contribution < 1.29 is 4.74 Å². The van der Waals surface area contributed by atoms with Crippen LogP contribution >= 0.6 is 0 Å². The summed E-state index contributed by atoms with van der Waals surface area (Å²) in [5.41, 5.74) is 3.33. The summed E-state index contributed by atoms with van der Waals surface area (Å²) in [5, 5.41) is 0. The zero-order valence-electron chi connectivity index (χ0n) is 11.4. The third kappa shape index (κ3) is 2.72. The van der Waals surface area contributed by atoms with Crippen molar-refractivity contribution in [2.75, 3.05) is 7.11 Å². The fourth-order valence-corrected chi connectivity index (χ4v) is 2.19. The molecule has 0 N–H and O–H groups in total. The first-order chi connectivity index (χ1) is 9.85. The number of methoxy groups -OCH3 is 1. The molecule has 0 unspecified atom stereocenters. The predicted octanol–water partition coefficient (Wildman–Crippen LogP) is 3.61. The molecular formula is C17H16N2O. The largest absolute Gasteiger partial charge is 0.497 e. The molecule has 0 bridgehead atoms. The Kier molecular flexibility index (Phi) is 3.50. The first-order valence-corrected chi connectivity index (χ1v) is 6.55. The van der Waals surface area contributed by atoms with Crippen LogP contribution in [0.3, 0.4) is 0 Å². The van der Waals surface area contributed by atoms with Gasteiger partial charge in [0.1, 0.15) is 5.75 Å². The molecule has 3 aromatic rings. The summed E-state index contributed by atoms with van der Waals surface area (Å²) >= 11 is 0. The maximum absolute atomic E-state index is 5.24. The standard InChI is InChI=1S/C17H16N2O/c1-20-16-9-5-6-14(10-16)11-19-12-17(18-13-19)15-7-3-2-4-8-15/h2-10,12-13H,11H2,1H3. The molecular weight excluding hydrogens is 248 g/mol. The van der Waals surface area contributed by atoms with Gasteiger partial charge in [0.05, 0.1) is 19.1 Å². The minimum absolute atomic E-state index is 0.789. The van der Waals surface area contributed by atoms with Crippen molar-refractivity contribution in [3.63, 3.8) is 0 Å². The van der Waals surface area contributed by atoms with Crippen molar-refractivity contribution in [3.8, 4) is 17.0 Å². The molecule has 0 saturated carbocycles. The second-order valence-electron chi connectivity index (χ2n) is 4.65. The molecule has 0 spiro atoms. The van der Waals surface area contributed by atoms with Crippen LogP contribution < -0.4 is 4.74 Å². The molecule has 2 aromatic carbocycles. The second-order valence-corrected chi connectivity index (χ2v) is 4.65. The van der Waals surface area contributed by atoms with Crippen molar-refractivity contribution in [3.05, 3.63) is 72.7 Å². The Morgan fingerprint density at radius 3 is 2.70 bits per heavy atom. The Balaban J connectivity index is 1.80. The number of nitrogens with zero attached hydrogens (tertiary/aromatic N) is 2. The fraction of sp³-hybridized carbons (Fsp3) is 0.118. The minimum Gasteiger partial charge on any atom is -0.497 e. The van der Waals surface area contributed by atoms with Crippen LogP contribution in [0.15, 0.2) is 67.1 Å². The number of hydrogen-bond donors (Lipinski definition) is 0. The SMILES string of the molecule is COc1cccc(Cn2cnc(-c3ccccc3)c2)c1.